The molecule has 2 rings (SSSR count). The van der Waals surface area contributed by atoms with E-state index in [0.717, 1.165) is 31.5 Å². The molecular weight excluding hydrogens is 288 g/mol. The van der Waals surface area contributed by atoms with Crippen LogP contribution in [-0.2, 0) is 16.0 Å². The molecule has 1 aliphatic heterocycles. The lowest BCUT2D eigenvalue weighted by Gasteiger charge is -2.22. The van der Waals surface area contributed by atoms with E-state index in [9.17, 15) is 9.59 Å². The van der Waals surface area contributed by atoms with E-state index in [2.05, 4.69) is 32.0 Å². The first kappa shape index (κ1) is 17.5. The predicted molar refractivity (Wildman–Crippen MR) is 92.3 cm³/mol. The predicted octanol–water partition coefficient (Wildman–Crippen LogP) is 2.71. The van der Waals surface area contributed by atoms with Crippen LogP contribution in [0.3, 0.4) is 0 Å². The summed E-state index contributed by atoms with van der Waals surface area (Å²) in [5, 5.41) is 0. The summed E-state index contributed by atoms with van der Waals surface area (Å²) in [5.74, 6) is 0.387. The van der Waals surface area contributed by atoms with E-state index >= 15 is 0 Å². The largest absolute Gasteiger partial charge is 0.341 e. The molecule has 0 atom stereocenters. The Kier molecular flexibility index (Phi) is 6.20. The molecule has 0 aliphatic carbocycles. The SMILES string of the molecule is CCCC(=O)N1CCCN(C(=O)Cc2ccc(C)cc2C)CC1. The Bertz CT molecular complexity index is 568. The summed E-state index contributed by atoms with van der Waals surface area (Å²) in [5.41, 5.74) is 3.50. The molecule has 0 aromatic heterocycles. The first-order chi connectivity index (χ1) is 11.0. The first-order valence-electron chi connectivity index (χ1n) is 8.63. The maximum absolute atomic E-state index is 12.6. The van der Waals surface area contributed by atoms with Crippen LogP contribution in [0.5, 0.6) is 0 Å². The van der Waals surface area contributed by atoms with E-state index in [0.29, 0.717) is 25.9 Å². The molecule has 2 amide bonds. The minimum absolute atomic E-state index is 0.168. The Morgan fingerprint density at radius 1 is 1.00 bits per heavy atom. The molecule has 0 N–H and O–H groups in total. The van der Waals surface area contributed by atoms with Crippen LogP contribution >= 0.6 is 0 Å². The molecule has 23 heavy (non-hydrogen) atoms. The van der Waals surface area contributed by atoms with Crippen molar-refractivity contribution in [2.75, 3.05) is 26.2 Å². The van der Waals surface area contributed by atoms with Crippen LogP contribution in [0.25, 0.3) is 0 Å². The van der Waals surface area contributed by atoms with Gasteiger partial charge in [-0.05, 0) is 37.8 Å². The number of nitrogens with zero attached hydrogens (tertiary/aromatic N) is 2. The molecule has 126 valence electrons. The van der Waals surface area contributed by atoms with Crippen molar-refractivity contribution in [3.63, 3.8) is 0 Å². The van der Waals surface area contributed by atoms with Gasteiger partial charge >= 0.3 is 0 Å². The monoisotopic (exact) mass is 316 g/mol. The lowest BCUT2D eigenvalue weighted by molar-refractivity contribution is -0.133. The van der Waals surface area contributed by atoms with Crippen molar-refractivity contribution in [1.29, 1.82) is 0 Å². The quantitative estimate of drug-likeness (QED) is 0.857. The first-order valence-corrected chi connectivity index (χ1v) is 8.63. The van der Waals surface area contributed by atoms with Gasteiger partial charge in [-0.2, -0.15) is 0 Å². The van der Waals surface area contributed by atoms with Crippen LogP contribution in [0.1, 0.15) is 42.9 Å². The minimum atomic E-state index is 0.168. The normalized spacial score (nSPS) is 15.4. The zero-order valence-corrected chi connectivity index (χ0v) is 14.6. The molecule has 1 aliphatic rings. The van der Waals surface area contributed by atoms with Crippen molar-refractivity contribution < 1.29 is 9.59 Å². The molecule has 4 nitrogen and oxygen atoms in total. The Morgan fingerprint density at radius 3 is 2.26 bits per heavy atom. The number of rotatable bonds is 4. The van der Waals surface area contributed by atoms with E-state index in [1.165, 1.54) is 11.1 Å². The summed E-state index contributed by atoms with van der Waals surface area (Å²) in [6, 6.07) is 6.23. The number of hydrogen-bond donors (Lipinski definition) is 0. The number of carbonyl (C=O) groups is 2. The summed E-state index contributed by atoms with van der Waals surface area (Å²) in [6.07, 6.45) is 2.81. The molecule has 4 heteroatoms. The molecule has 1 aromatic carbocycles. The second kappa shape index (κ2) is 8.14. The lowest BCUT2D eigenvalue weighted by atomic mass is 10.0. The number of benzene rings is 1. The summed E-state index contributed by atoms with van der Waals surface area (Å²) < 4.78 is 0. The third kappa shape index (κ3) is 4.81. The maximum atomic E-state index is 12.6. The minimum Gasteiger partial charge on any atom is -0.341 e. The van der Waals surface area contributed by atoms with Crippen LogP contribution < -0.4 is 0 Å². The fourth-order valence-corrected chi connectivity index (χ4v) is 3.11. The summed E-state index contributed by atoms with van der Waals surface area (Å²) in [7, 11) is 0. The van der Waals surface area contributed by atoms with Crippen LogP contribution in [-0.4, -0.2) is 47.8 Å². The fraction of sp³-hybridized carbons (Fsp3) is 0.579. The molecule has 1 saturated heterocycles. The Balaban J connectivity index is 1.94. The molecule has 0 radical (unpaired) electrons. The van der Waals surface area contributed by atoms with Gasteiger partial charge in [-0.15, -0.1) is 0 Å². The van der Waals surface area contributed by atoms with E-state index in [1.54, 1.807) is 0 Å². The molecule has 0 bridgehead atoms. The van der Waals surface area contributed by atoms with Gasteiger partial charge in [0.15, 0.2) is 0 Å². The Hall–Kier alpha value is -1.84. The van der Waals surface area contributed by atoms with Gasteiger partial charge in [0, 0.05) is 32.6 Å². The number of aryl methyl sites for hydroxylation is 2. The Morgan fingerprint density at radius 2 is 1.65 bits per heavy atom. The standard InChI is InChI=1S/C19H28N2O2/c1-4-6-18(22)20-9-5-10-21(12-11-20)19(23)14-17-8-7-15(2)13-16(17)3/h7-8,13H,4-6,9-12,14H2,1-3H3. The van der Waals surface area contributed by atoms with Crippen molar-refractivity contribution in [2.45, 2.75) is 46.5 Å². The van der Waals surface area contributed by atoms with Crippen molar-refractivity contribution >= 4 is 11.8 Å². The topological polar surface area (TPSA) is 40.6 Å². The molecular formula is C19H28N2O2. The molecule has 0 unspecified atom stereocenters. The van der Waals surface area contributed by atoms with E-state index in [-0.39, 0.29) is 11.8 Å². The smallest absolute Gasteiger partial charge is 0.227 e. The highest BCUT2D eigenvalue weighted by molar-refractivity contribution is 5.79. The molecule has 1 aromatic rings. The van der Waals surface area contributed by atoms with Crippen molar-refractivity contribution in [2.24, 2.45) is 0 Å². The second-order valence-corrected chi connectivity index (χ2v) is 6.47. The number of carbonyl (C=O) groups excluding carboxylic acids is 2. The lowest BCUT2D eigenvalue weighted by Crippen LogP contribution is -2.37. The van der Waals surface area contributed by atoms with Crippen molar-refractivity contribution in [1.82, 2.24) is 9.80 Å². The third-order valence-electron chi connectivity index (χ3n) is 4.50. The number of hydrogen-bond acceptors (Lipinski definition) is 2. The maximum Gasteiger partial charge on any atom is 0.227 e. The van der Waals surface area contributed by atoms with Gasteiger partial charge in [0.05, 0.1) is 6.42 Å². The van der Waals surface area contributed by atoms with Gasteiger partial charge in [-0.1, -0.05) is 30.7 Å². The van der Waals surface area contributed by atoms with Crippen LogP contribution in [0.4, 0.5) is 0 Å². The van der Waals surface area contributed by atoms with Gasteiger partial charge < -0.3 is 9.80 Å². The fourth-order valence-electron chi connectivity index (χ4n) is 3.11. The van der Waals surface area contributed by atoms with Crippen LogP contribution in [0.15, 0.2) is 18.2 Å². The van der Waals surface area contributed by atoms with Gasteiger partial charge in [0.2, 0.25) is 11.8 Å². The molecule has 0 spiro atoms. The van der Waals surface area contributed by atoms with Gasteiger partial charge in [0.1, 0.15) is 0 Å². The zero-order valence-electron chi connectivity index (χ0n) is 14.6. The number of amides is 2. The Labute approximate surface area is 139 Å². The van der Waals surface area contributed by atoms with Gasteiger partial charge in [-0.3, -0.25) is 9.59 Å². The zero-order chi connectivity index (χ0) is 16.8. The van der Waals surface area contributed by atoms with E-state index in [4.69, 9.17) is 0 Å². The average molecular weight is 316 g/mol. The van der Waals surface area contributed by atoms with Crippen LogP contribution in [0, 0.1) is 13.8 Å². The molecule has 0 saturated carbocycles. The van der Waals surface area contributed by atoms with E-state index < -0.39 is 0 Å². The van der Waals surface area contributed by atoms with E-state index in [1.807, 2.05) is 16.7 Å². The summed E-state index contributed by atoms with van der Waals surface area (Å²) >= 11 is 0. The average Bonchev–Trinajstić information content (AvgIpc) is 2.76. The summed E-state index contributed by atoms with van der Waals surface area (Å²) in [6.45, 7) is 8.98. The summed E-state index contributed by atoms with van der Waals surface area (Å²) in [4.78, 5) is 28.4. The molecule has 1 fully saturated rings. The highest BCUT2D eigenvalue weighted by Gasteiger charge is 2.21. The molecule has 1 heterocycles. The third-order valence-corrected chi connectivity index (χ3v) is 4.50. The van der Waals surface area contributed by atoms with Crippen molar-refractivity contribution in [3.05, 3.63) is 34.9 Å². The van der Waals surface area contributed by atoms with Crippen molar-refractivity contribution in [3.8, 4) is 0 Å². The highest BCUT2D eigenvalue weighted by Crippen LogP contribution is 2.14. The second-order valence-electron chi connectivity index (χ2n) is 6.47. The van der Waals surface area contributed by atoms with Gasteiger partial charge in [-0.25, -0.2) is 0 Å². The highest BCUT2D eigenvalue weighted by atomic mass is 16.2. The van der Waals surface area contributed by atoms with Crippen LogP contribution in [0.2, 0.25) is 0 Å². The van der Waals surface area contributed by atoms with Gasteiger partial charge in [0.25, 0.3) is 0 Å².